The predicted octanol–water partition coefficient (Wildman–Crippen LogP) is 2.24. The molecule has 5 nitrogen and oxygen atoms in total. The molecule has 1 heterocycles. The summed E-state index contributed by atoms with van der Waals surface area (Å²) in [5.74, 6) is -1.44. The van der Waals surface area contributed by atoms with Crippen LogP contribution in [0.25, 0.3) is 10.8 Å². The van der Waals surface area contributed by atoms with E-state index < -0.39 is 11.9 Å². The summed E-state index contributed by atoms with van der Waals surface area (Å²) >= 11 is 0. The van der Waals surface area contributed by atoms with Gasteiger partial charge in [0.05, 0.1) is 17.0 Å². The molecule has 5 heteroatoms. The Kier molecular flexibility index (Phi) is 3.88. The zero-order valence-corrected chi connectivity index (χ0v) is 11.8. The fourth-order valence-corrected chi connectivity index (χ4v) is 2.17. The number of aliphatic carboxylic acids is 1. The molecule has 1 aromatic heterocycles. The van der Waals surface area contributed by atoms with Crippen molar-refractivity contribution in [2.75, 3.05) is 0 Å². The second-order valence-electron chi connectivity index (χ2n) is 5.37. The highest BCUT2D eigenvalue weighted by Crippen LogP contribution is 2.21. The molecular formula is C15H18N2O3. The van der Waals surface area contributed by atoms with Gasteiger partial charge in [0.25, 0.3) is 5.56 Å². The molecule has 1 atom stereocenters. The fraction of sp³-hybridized carbons (Fsp3) is 0.400. The lowest BCUT2D eigenvalue weighted by molar-refractivity contribution is -0.138. The van der Waals surface area contributed by atoms with Crippen molar-refractivity contribution >= 4 is 16.7 Å². The molecule has 20 heavy (non-hydrogen) atoms. The van der Waals surface area contributed by atoms with Crippen LogP contribution in [0.15, 0.2) is 29.1 Å². The van der Waals surface area contributed by atoms with Gasteiger partial charge in [0.15, 0.2) is 0 Å². The average Bonchev–Trinajstić information content (AvgIpc) is 2.40. The third-order valence-electron chi connectivity index (χ3n) is 3.21. The molecule has 0 aliphatic rings. The van der Waals surface area contributed by atoms with Crippen LogP contribution in [-0.4, -0.2) is 20.9 Å². The van der Waals surface area contributed by atoms with E-state index in [0.29, 0.717) is 23.0 Å². The Morgan fingerprint density at radius 1 is 1.25 bits per heavy atom. The Hall–Kier alpha value is -2.17. The van der Waals surface area contributed by atoms with Gasteiger partial charge in [-0.25, -0.2) is 4.68 Å². The number of carboxylic acids is 1. The van der Waals surface area contributed by atoms with Crippen molar-refractivity contribution in [3.8, 4) is 0 Å². The summed E-state index contributed by atoms with van der Waals surface area (Å²) < 4.78 is 1.38. The second kappa shape index (κ2) is 5.45. The summed E-state index contributed by atoms with van der Waals surface area (Å²) in [7, 11) is 0. The molecule has 0 spiro atoms. The van der Waals surface area contributed by atoms with Gasteiger partial charge < -0.3 is 5.11 Å². The smallest absolute Gasteiger partial charge is 0.312 e. The third-order valence-corrected chi connectivity index (χ3v) is 3.21. The van der Waals surface area contributed by atoms with Crippen LogP contribution >= 0.6 is 0 Å². The number of hydrogen-bond acceptors (Lipinski definition) is 3. The number of hydrogen-bond donors (Lipinski definition) is 1. The number of aromatic nitrogens is 2. The van der Waals surface area contributed by atoms with Crippen molar-refractivity contribution in [1.82, 2.24) is 9.78 Å². The minimum atomic E-state index is -0.947. The Balaban J connectivity index is 2.75. The quantitative estimate of drug-likeness (QED) is 0.928. The van der Waals surface area contributed by atoms with Crippen LogP contribution in [0.5, 0.6) is 0 Å². The Labute approximate surface area is 116 Å². The van der Waals surface area contributed by atoms with Crippen LogP contribution < -0.4 is 5.56 Å². The molecule has 0 aliphatic heterocycles. The SMILES string of the molecule is CC(C)Cn1nc([C@H](C)C(=O)O)c2ccccc2c1=O. The standard InChI is InChI=1S/C15H18N2O3/c1-9(2)8-17-14(18)12-7-5-4-6-11(12)13(16-17)10(3)15(19)20/h4-7,9-10H,8H2,1-3H3,(H,19,20)/t10-/m0/s1. The molecule has 0 saturated heterocycles. The number of rotatable bonds is 4. The maximum atomic E-state index is 12.4. The summed E-state index contributed by atoms with van der Waals surface area (Å²) in [6.45, 7) is 6.04. The molecule has 1 N–H and O–H groups in total. The first-order valence-corrected chi connectivity index (χ1v) is 6.64. The number of fused-ring (bicyclic) bond motifs is 1. The fourth-order valence-electron chi connectivity index (χ4n) is 2.17. The van der Waals surface area contributed by atoms with Crippen LogP contribution in [-0.2, 0) is 11.3 Å². The number of benzene rings is 1. The van der Waals surface area contributed by atoms with Crippen molar-refractivity contribution in [2.45, 2.75) is 33.2 Å². The van der Waals surface area contributed by atoms with Crippen molar-refractivity contribution in [2.24, 2.45) is 5.92 Å². The lowest BCUT2D eigenvalue weighted by atomic mass is 10.0. The topological polar surface area (TPSA) is 72.2 Å². The van der Waals surface area contributed by atoms with Gasteiger partial charge in [-0.05, 0) is 18.9 Å². The van der Waals surface area contributed by atoms with E-state index in [0.717, 1.165) is 0 Å². The summed E-state index contributed by atoms with van der Waals surface area (Å²) in [5, 5.41) is 14.6. The van der Waals surface area contributed by atoms with Gasteiger partial charge >= 0.3 is 5.97 Å². The van der Waals surface area contributed by atoms with Gasteiger partial charge in [-0.15, -0.1) is 0 Å². The lowest BCUT2D eigenvalue weighted by Crippen LogP contribution is -2.28. The molecule has 0 aliphatic carbocycles. The van der Waals surface area contributed by atoms with E-state index in [-0.39, 0.29) is 11.5 Å². The van der Waals surface area contributed by atoms with Crippen LogP contribution in [0.2, 0.25) is 0 Å². The van der Waals surface area contributed by atoms with Crippen LogP contribution in [0.1, 0.15) is 32.4 Å². The van der Waals surface area contributed by atoms with E-state index in [2.05, 4.69) is 5.10 Å². The maximum absolute atomic E-state index is 12.4. The van der Waals surface area contributed by atoms with Gasteiger partial charge in [-0.1, -0.05) is 32.0 Å². The van der Waals surface area contributed by atoms with Crippen LogP contribution in [0, 0.1) is 5.92 Å². The average molecular weight is 274 g/mol. The van der Waals surface area contributed by atoms with Crippen molar-refractivity contribution < 1.29 is 9.90 Å². The predicted molar refractivity (Wildman–Crippen MR) is 76.9 cm³/mol. The Morgan fingerprint density at radius 2 is 1.85 bits per heavy atom. The third kappa shape index (κ3) is 2.57. The molecule has 2 aromatic rings. The van der Waals surface area contributed by atoms with E-state index in [1.165, 1.54) is 4.68 Å². The molecule has 106 valence electrons. The van der Waals surface area contributed by atoms with Crippen LogP contribution in [0.3, 0.4) is 0 Å². The molecular weight excluding hydrogens is 256 g/mol. The van der Waals surface area contributed by atoms with Gasteiger partial charge in [-0.3, -0.25) is 9.59 Å². The first kappa shape index (κ1) is 14.2. The van der Waals surface area contributed by atoms with Gasteiger partial charge in [-0.2, -0.15) is 5.10 Å². The van der Waals surface area contributed by atoms with E-state index in [4.69, 9.17) is 0 Å². The largest absolute Gasteiger partial charge is 0.481 e. The highest BCUT2D eigenvalue weighted by Gasteiger charge is 2.21. The monoisotopic (exact) mass is 274 g/mol. The highest BCUT2D eigenvalue weighted by molar-refractivity contribution is 5.88. The molecule has 0 bridgehead atoms. The van der Waals surface area contributed by atoms with Gasteiger partial charge in [0.2, 0.25) is 0 Å². The zero-order chi connectivity index (χ0) is 14.9. The highest BCUT2D eigenvalue weighted by atomic mass is 16.4. The normalized spacial score (nSPS) is 12.8. The van der Waals surface area contributed by atoms with Gasteiger partial charge in [0.1, 0.15) is 0 Å². The minimum Gasteiger partial charge on any atom is -0.481 e. The molecule has 0 fully saturated rings. The first-order valence-electron chi connectivity index (χ1n) is 6.64. The van der Waals surface area contributed by atoms with Crippen molar-refractivity contribution in [3.63, 3.8) is 0 Å². The summed E-state index contributed by atoms with van der Waals surface area (Å²) in [4.78, 5) is 23.6. The Morgan fingerprint density at radius 3 is 2.40 bits per heavy atom. The summed E-state index contributed by atoms with van der Waals surface area (Å²) in [6, 6.07) is 7.03. The van der Waals surface area contributed by atoms with E-state index in [1.807, 2.05) is 13.8 Å². The lowest BCUT2D eigenvalue weighted by Gasteiger charge is -2.14. The molecule has 1 aromatic carbocycles. The second-order valence-corrected chi connectivity index (χ2v) is 5.37. The van der Waals surface area contributed by atoms with E-state index >= 15 is 0 Å². The van der Waals surface area contributed by atoms with Crippen LogP contribution in [0.4, 0.5) is 0 Å². The number of nitrogens with zero attached hydrogens (tertiary/aromatic N) is 2. The molecule has 0 radical (unpaired) electrons. The zero-order valence-electron chi connectivity index (χ0n) is 11.8. The van der Waals surface area contributed by atoms with E-state index in [1.54, 1.807) is 31.2 Å². The van der Waals surface area contributed by atoms with Gasteiger partial charge in [0, 0.05) is 11.9 Å². The molecule has 0 unspecified atom stereocenters. The van der Waals surface area contributed by atoms with Crippen molar-refractivity contribution in [3.05, 3.63) is 40.3 Å². The molecule has 2 rings (SSSR count). The first-order chi connectivity index (χ1) is 9.41. The van der Waals surface area contributed by atoms with Crippen molar-refractivity contribution in [1.29, 1.82) is 0 Å². The summed E-state index contributed by atoms with van der Waals surface area (Å²) in [5.41, 5.74) is 0.268. The maximum Gasteiger partial charge on any atom is 0.312 e. The molecule has 0 saturated carbocycles. The number of carbonyl (C=O) groups is 1. The Bertz CT molecular complexity index is 704. The molecule has 0 amide bonds. The van der Waals surface area contributed by atoms with E-state index in [9.17, 15) is 14.7 Å². The summed E-state index contributed by atoms with van der Waals surface area (Å²) in [6.07, 6.45) is 0. The number of carboxylic acid groups (broad SMARTS) is 1. The minimum absolute atomic E-state index is 0.171.